The first-order valence-corrected chi connectivity index (χ1v) is 6.86. The molecule has 0 saturated heterocycles. The van der Waals surface area contributed by atoms with E-state index in [2.05, 4.69) is 48.2 Å². The van der Waals surface area contributed by atoms with Crippen LogP contribution in [-0.4, -0.2) is 17.4 Å². The Labute approximate surface area is 116 Å². The molecule has 5 heteroatoms. The first kappa shape index (κ1) is 12.6. The molecule has 0 fully saturated rings. The zero-order valence-corrected chi connectivity index (χ0v) is 12.5. The van der Waals surface area contributed by atoms with E-state index in [1.165, 1.54) is 17.9 Å². The van der Waals surface area contributed by atoms with Gasteiger partial charge in [0.2, 0.25) is 5.91 Å². The molecular formula is C12H12Br2N2O. The second-order valence-corrected chi connectivity index (χ2v) is 5.55. The van der Waals surface area contributed by atoms with Crippen molar-refractivity contribution in [2.24, 2.45) is 0 Å². The Morgan fingerprint density at radius 2 is 2.18 bits per heavy atom. The van der Waals surface area contributed by atoms with Crippen LogP contribution in [0.5, 0.6) is 0 Å². The predicted octanol–water partition coefficient (Wildman–Crippen LogP) is 3.37. The lowest BCUT2D eigenvalue weighted by Crippen LogP contribution is -2.22. The van der Waals surface area contributed by atoms with Crippen LogP contribution >= 0.6 is 31.9 Å². The number of aromatic nitrogens is 1. The van der Waals surface area contributed by atoms with Gasteiger partial charge in [-0.3, -0.25) is 4.79 Å². The van der Waals surface area contributed by atoms with Crippen molar-refractivity contribution in [3.63, 3.8) is 0 Å². The molecule has 0 atom stereocenters. The van der Waals surface area contributed by atoms with E-state index in [1.54, 1.807) is 0 Å². The van der Waals surface area contributed by atoms with Crippen LogP contribution in [0.2, 0.25) is 0 Å². The lowest BCUT2D eigenvalue weighted by atomic mass is 10.1. The fraction of sp³-hybridized carbons (Fsp3) is 0.250. The molecular weight excluding hydrogens is 348 g/mol. The van der Waals surface area contributed by atoms with E-state index >= 15 is 0 Å². The highest BCUT2D eigenvalue weighted by Gasteiger charge is 2.09. The van der Waals surface area contributed by atoms with Gasteiger partial charge in [0, 0.05) is 28.8 Å². The van der Waals surface area contributed by atoms with Crippen LogP contribution in [0.3, 0.4) is 0 Å². The maximum atomic E-state index is 10.8. The van der Waals surface area contributed by atoms with Crippen LogP contribution in [-0.2, 0) is 11.2 Å². The van der Waals surface area contributed by atoms with Gasteiger partial charge in [0.15, 0.2) is 0 Å². The van der Waals surface area contributed by atoms with Gasteiger partial charge in [0.25, 0.3) is 0 Å². The number of amides is 1. The summed E-state index contributed by atoms with van der Waals surface area (Å²) in [5.41, 5.74) is 2.28. The van der Waals surface area contributed by atoms with Crippen molar-refractivity contribution in [3.8, 4) is 0 Å². The fourth-order valence-electron chi connectivity index (χ4n) is 1.80. The minimum absolute atomic E-state index is 0.00343. The minimum atomic E-state index is 0.00343. The van der Waals surface area contributed by atoms with Crippen LogP contribution in [0.1, 0.15) is 12.5 Å². The summed E-state index contributed by atoms with van der Waals surface area (Å²) < 4.78 is 2.03. The normalized spacial score (nSPS) is 10.8. The quantitative estimate of drug-likeness (QED) is 0.866. The fourth-order valence-corrected chi connectivity index (χ4v) is 2.79. The van der Waals surface area contributed by atoms with Gasteiger partial charge in [-0.05, 0) is 40.0 Å². The summed E-state index contributed by atoms with van der Waals surface area (Å²) in [6.45, 7) is 2.18. The molecule has 3 nitrogen and oxygen atoms in total. The topological polar surface area (TPSA) is 44.9 Å². The Bertz CT molecular complexity index is 563. The van der Waals surface area contributed by atoms with Crippen LogP contribution in [0.4, 0.5) is 0 Å². The maximum absolute atomic E-state index is 10.8. The lowest BCUT2D eigenvalue weighted by Gasteiger charge is -2.02. The molecule has 0 unspecified atom stereocenters. The van der Waals surface area contributed by atoms with Gasteiger partial charge in [-0.1, -0.05) is 22.0 Å². The van der Waals surface area contributed by atoms with Gasteiger partial charge in [-0.15, -0.1) is 0 Å². The van der Waals surface area contributed by atoms with Crippen molar-refractivity contribution in [2.45, 2.75) is 13.3 Å². The number of aromatic amines is 1. The van der Waals surface area contributed by atoms with E-state index in [0.717, 1.165) is 21.0 Å². The smallest absolute Gasteiger partial charge is 0.216 e. The third kappa shape index (κ3) is 2.90. The second kappa shape index (κ2) is 5.23. The Balaban J connectivity index is 2.27. The largest absolute Gasteiger partial charge is 0.356 e. The van der Waals surface area contributed by atoms with Gasteiger partial charge in [-0.25, -0.2) is 0 Å². The number of hydrogen-bond acceptors (Lipinski definition) is 1. The number of rotatable bonds is 3. The minimum Gasteiger partial charge on any atom is -0.356 e. The maximum Gasteiger partial charge on any atom is 0.216 e. The number of hydrogen-bond donors (Lipinski definition) is 2. The Morgan fingerprint density at radius 1 is 1.41 bits per heavy atom. The van der Waals surface area contributed by atoms with Gasteiger partial charge >= 0.3 is 0 Å². The summed E-state index contributed by atoms with van der Waals surface area (Å²) in [4.78, 5) is 14.1. The lowest BCUT2D eigenvalue weighted by molar-refractivity contribution is -0.118. The molecule has 2 aromatic rings. The summed E-state index contributed by atoms with van der Waals surface area (Å²) in [6, 6.07) is 6.14. The van der Waals surface area contributed by atoms with Gasteiger partial charge < -0.3 is 10.3 Å². The van der Waals surface area contributed by atoms with Crippen LogP contribution < -0.4 is 5.32 Å². The number of carbonyl (C=O) groups excluding carboxylic acids is 1. The molecule has 1 amide bonds. The number of carbonyl (C=O) groups is 1. The van der Waals surface area contributed by atoms with Gasteiger partial charge in [-0.2, -0.15) is 0 Å². The number of nitrogens with one attached hydrogen (secondary N) is 2. The zero-order chi connectivity index (χ0) is 12.4. The molecule has 0 aliphatic heterocycles. The Morgan fingerprint density at radius 3 is 2.88 bits per heavy atom. The standard InChI is InChI=1S/C12H12Br2N2O/c1-7(17)15-5-4-10-9-3-2-8(13)6-11(9)16-12(10)14/h2-3,6,16H,4-5H2,1H3,(H,15,17). The van der Waals surface area contributed by atoms with Crippen molar-refractivity contribution in [3.05, 3.63) is 32.8 Å². The number of H-pyrrole nitrogens is 1. The van der Waals surface area contributed by atoms with E-state index in [4.69, 9.17) is 0 Å². The Hall–Kier alpha value is -0.810. The van der Waals surface area contributed by atoms with Crippen molar-refractivity contribution < 1.29 is 4.79 Å². The van der Waals surface area contributed by atoms with E-state index in [0.29, 0.717) is 6.54 Å². The van der Waals surface area contributed by atoms with Crippen molar-refractivity contribution in [1.29, 1.82) is 0 Å². The van der Waals surface area contributed by atoms with E-state index in [9.17, 15) is 4.79 Å². The number of benzene rings is 1. The molecule has 2 rings (SSSR count). The summed E-state index contributed by atoms with van der Waals surface area (Å²) in [5, 5.41) is 3.99. The second-order valence-electron chi connectivity index (χ2n) is 3.84. The van der Waals surface area contributed by atoms with E-state index in [-0.39, 0.29) is 5.91 Å². The third-order valence-corrected chi connectivity index (χ3v) is 3.74. The summed E-state index contributed by atoms with van der Waals surface area (Å²) >= 11 is 6.96. The van der Waals surface area contributed by atoms with E-state index < -0.39 is 0 Å². The van der Waals surface area contributed by atoms with Crippen LogP contribution in [0.15, 0.2) is 27.3 Å². The summed E-state index contributed by atoms with van der Waals surface area (Å²) in [7, 11) is 0. The van der Waals surface area contributed by atoms with E-state index in [1.807, 2.05) is 12.1 Å². The number of fused-ring (bicyclic) bond motifs is 1. The molecule has 90 valence electrons. The number of halogens is 2. The first-order chi connectivity index (χ1) is 8.08. The molecule has 0 bridgehead atoms. The molecule has 0 spiro atoms. The first-order valence-electron chi connectivity index (χ1n) is 5.28. The SMILES string of the molecule is CC(=O)NCCc1c(Br)[nH]c2cc(Br)ccc12. The third-order valence-electron chi connectivity index (χ3n) is 2.57. The van der Waals surface area contributed by atoms with Crippen molar-refractivity contribution >= 4 is 48.7 Å². The van der Waals surface area contributed by atoms with Gasteiger partial charge in [0.05, 0.1) is 4.60 Å². The highest BCUT2D eigenvalue weighted by molar-refractivity contribution is 9.10. The summed E-state index contributed by atoms with van der Waals surface area (Å²) in [5.74, 6) is 0.00343. The van der Waals surface area contributed by atoms with Crippen LogP contribution in [0, 0.1) is 0 Å². The molecule has 0 aliphatic carbocycles. The average Bonchev–Trinajstić information content (AvgIpc) is 2.54. The predicted molar refractivity (Wildman–Crippen MR) is 76.1 cm³/mol. The molecule has 0 saturated carbocycles. The van der Waals surface area contributed by atoms with Gasteiger partial charge in [0.1, 0.15) is 0 Å². The molecule has 1 heterocycles. The molecule has 0 radical (unpaired) electrons. The molecule has 0 aliphatic rings. The monoisotopic (exact) mass is 358 g/mol. The zero-order valence-electron chi connectivity index (χ0n) is 9.31. The molecule has 1 aromatic heterocycles. The highest BCUT2D eigenvalue weighted by atomic mass is 79.9. The average molecular weight is 360 g/mol. The Kier molecular flexibility index (Phi) is 3.89. The van der Waals surface area contributed by atoms with Crippen molar-refractivity contribution in [1.82, 2.24) is 10.3 Å². The van der Waals surface area contributed by atoms with Crippen molar-refractivity contribution in [2.75, 3.05) is 6.54 Å². The van der Waals surface area contributed by atoms with Crippen LogP contribution in [0.25, 0.3) is 10.9 Å². The molecule has 1 aromatic carbocycles. The summed E-state index contributed by atoms with van der Waals surface area (Å²) in [6.07, 6.45) is 0.807. The molecule has 2 N–H and O–H groups in total. The molecule has 17 heavy (non-hydrogen) atoms. The highest BCUT2D eigenvalue weighted by Crippen LogP contribution is 2.28.